The lowest BCUT2D eigenvalue weighted by Crippen LogP contribution is -2.34. The Morgan fingerprint density at radius 1 is 1.37 bits per heavy atom. The fourth-order valence-electron chi connectivity index (χ4n) is 2.79. The van der Waals surface area contributed by atoms with Gasteiger partial charge in [-0.1, -0.05) is 0 Å². The van der Waals surface area contributed by atoms with Crippen molar-refractivity contribution in [2.45, 2.75) is 39.7 Å². The zero-order valence-corrected chi connectivity index (χ0v) is 12.1. The minimum absolute atomic E-state index is 0.0221. The minimum atomic E-state index is -0.0221. The first-order valence-electron chi connectivity index (χ1n) is 7.11. The second-order valence-electron chi connectivity index (χ2n) is 5.37. The molecule has 5 nitrogen and oxygen atoms in total. The first-order chi connectivity index (χ1) is 9.08. The number of likely N-dealkylation sites (tertiary alicyclic amines) is 1. The van der Waals surface area contributed by atoms with E-state index >= 15 is 0 Å². The molecule has 106 valence electrons. The number of hydrogen-bond donors (Lipinski definition) is 2. The van der Waals surface area contributed by atoms with Gasteiger partial charge in [-0.25, -0.2) is 4.98 Å². The molecular weight excluding hydrogens is 240 g/mol. The predicted molar refractivity (Wildman–Crippen MR) is 76.4 cm³/mol. The molecule has 1 aliphatic rings. The van der Waals surface area contributed by atoms with E-state index in [1.807, 2.05) is 20.8 Å². The van der Waals surface area contributed by atoms with Gasteiger partial charge in [0.15, 0.2) is 0 Å². The van der Waals surface area contributed by atoms with Gasteiger partial charge < -0.3 is 15.2 Å². The third kappa shape index (κ3) is 3.64. The van der Waals surface area contributed by atoms with Crippen molar-refractivity contribution in [3.63, 3.8) is 0 Å². The largest absolute Gasteiger partial charge is 0.310 e. The van der Waals surface area contributed by atoms with Crippen LogP contribution in [0.5, 0.6) is 0 Å². The van der Waals surface area contributed by atoms with Gasteiger partial charge in [0.2, 0.25) is 0 Å². The summed E-state index contributed by atoms with van der Waals surface area (Å²) in [5.74, 6) is 0.676. The summed E-state index contributed by atoms with van der Waals surface area (Å²) in [6.45, 7) is 10.1. The van der Waals surface area contributed by atoms with Crippen LogP contribution in [0.3, 0.4) is 0 Å². The van der Waals surface area contributed by atoms with Crippen molar-refractivity contribution in [3.05, 3.63) is 27.4 Å². The lowest BCUT2D eigenvalue weighted by molar-refractivity contribution is 0.329. The number of nitrogens with zero attached hydrogens (tertiary/aromatic N) is 2. The number of aromatic nitrogens is 2. The van der Waals surface area contributed by atoms with Crippen molar-refractivity contribution in [3.8, 4) is 0 Å². The smallest absolute Gasteiger partial charge is 0.255 e. The van der Waals surface area contributed by atoms with Crippen LogP contribution in [-0.2, 0) is 0 Å². The summed E-state index contributed by atoms with van der Waals surface area (Å²) in [5, 5.41) is 3.43. The van der Waals surface area contributed by atoms with Crippen LogP contribution in [0.2, 0.25) is 0 Å². The lowest BCUT2D eigenvalue weighted by Gasteiger charge is -2.19. The maximum absolute atomic E-state index is 12.0. The Morgan fingerprint density at radius 2 is 2.05 bits per heavy atom. The van der Waals surface area contributed by atoms with Gasteiger partial charge in [0.05, 0.1) is 5.56 Å². The highest BCUT2D eigenvalue weighted by Gasteiger charge is 2.15. The number of aromatic amines is 1. The van der Waals surface area contributed by atoms with E-state index in [-0.39, 0.29) is 11.6 Å². The molecule has 0 bridgehead atoms. The van der Waals surface area contributed by atoms with Gasteiger partial charge >= 0.3 is 0 Å². The van der Waals surface area contributed by atoms with Gasteiger partial charge in [-0.15, -0.1) is 0 Å². The Labute approximate surface area is 114 Å². The summed E-state index contributed by atoms with van der Waals surface area (Å²) in [5.41, 5.74) is 1.56. The monoisotopic (exact) mass is 264 g/mol. The summed E-state index contributed by atoms with van der Waals surface area (Å²) in [7, 11) is 0. The van der Waals surface area contributed by atoms with E-state index < -0.39 is 0 Å². The van der Waals surface area contributed by atoms with E-state index in [1.54, 1.807) is 0 Å². The van der Waals surface area contributed by atoms with Gasteiger partial charge in [-0.05, 0) is 46.7 Å². The van der Waals surface area contributed by atoms with Crippen LogP contribution in [0.4, 0.5) is 0 Å². The van der Waals surface area contributed by atoms with E-state index in [2.05, 4.69) is 20.2 Å². The van der Waals surface area contributed by atoms with Crippen molar-refractivity contribution in [2.75, 3.05) is 26.2 Å². The molecule has 0 spiro atoms. The van der Waals surface area contributed by atoms with Crippen LogP contribution >= 0.6 is 0 Å². The maximum atomic E-state index is 12.0. The van der Waals surface area contributed by atoms with Gasteiger partial charge in [0.25, 0.3) is 5.56 Å². The van der Waals surface area contributed by atoms with Crippen LogP contribution in [0.15, 0.2) is 4.79 Å². The van der Waals surface area contributed by atoms with Crippen molar-refractivity contribution in [1.82, 2.24) is 20.2 Å². The van der Waals surface area contributed by atoms with Crippen molar-refractivity contribution in [2.24, 2.45) is 0 Å². The molecule has 1 saturated heterocycles. The van der Waals surface area contributed by atoms with E-state index in [1.165, 1.54) is 25.9 Å². The fourth-order valence-corrected chi connectivity index (χ4v) is 2.79. The lowest BCUT2D eigenvalue weighted by atomic mass is 10.1. The summed E-state index contributed by atoms with van der Waals surface area (Å²) in [6.07, 6.45) is 2.63. The van der Waals surface area contributed by atoms with Gasteiger partial charge in [0, 0.05) is 24.8 Å². The third-order valence-corrected chi connectivity index (χ3v) is 3.77. The number of aryl methyl sites for hydroxylation is 2. The predicted octanol–water partition coefficient (Wildman–Crippen LogP) is 1.13. The molecule has 1 aromatic rings. The maximum Gasteiger partial charge on any atom is 0.255 e. The molecule has 1 atom stereocenters. The molecule has 0 radical (unpaired) electrons. The summed E-state index contributed by atoms with van der Waals surface area (Å²) in [6, 6.07) is 0.0412. The zero-order chi connectivity index (χ0) is 13.8. The quantitative estimate of drug-likeness (QED) is 0.837. The van der Waals surface area contributed by atoms with Gasteiger partial charge in [0.1, 0.15) is 5.82 Å². The number of nitrogens with one attached hydrogen (secondary N) is 2. The van der Waals surface area contributed by atoms with E-state index in [0.717, 1.165) is 24.3 Å². The van der Waals surface area contributed by atoms with Crippen molar-refractivity contribution < 1.29 is 0 Å². The Kier molecular flexibility index (Phi) is 4.71. The average molecular weight is 264 g/mol. The third-order valence-electron chi connectivity index (χ3n) is 3.77. The molecule has 2 N–H and O–H groups in total. The minimum Gasteiger partial charge on any atom is -0.310 e. The van der Waals surface area contributed by atoms with Crippen LogP contribution in [0, 0.1) is 13.8 Å². The molecule has 0 aromatic carbocycles. The van der Waals surface area contributed by atoms with Crippen LogP contribution < -0.4 is 10.9 Å². The molecule has 1 aromatic heterocycles. The number of rotatable bonds is 5. The number of hydrogen-bond acceptors (Lipinski definition) is 4. The molecule has 1 aliphatic heterocycles. The van der Waals surface area contributed by atoms with Crippen molar-refractivity contribution >= 4 is 0 Å². The zero-order valence-electron chi connectivity index (χ0n) is 12.1. The molecular formula is C14H24N4O. The molecule has 1 unspecified atom stereocenters. The first-order valence-corrected chi connectivity index (χ1v) is 7.11. The van der Waals surface area contributed by atoms with Crippen LogP contribution in [0.1, 0.15) is 42.9 Å². The molecule has 0 amide bonds. The Bertz CT molecular complexity index is 477. The summed E-state index contributed by atoms with van der Waals surface area (Å²) >= 11 is 0. The Hall–Kier alpha value is -1.20. The normalized spacial score (nSPS) is 17.8. The van der Waals surface area contributed by atoms with E-state index in [9.17, 15) is 4.79 Å². The van der Waals surface area contributed by atoms with E-state index in [4.69, 9.17) is 0 Å². The molecule has 19 heavy (non-hydrogen) atoms. The SMILES string of the molecule is Cc1nc(C)c(C(C)NCCN2CCCC2)c(=O)[nH]1. The molecule has 5 heteroatoms. The standard InChI is InChI=1S/C14H24N4O/c1-10(15-6-9-18-7-4-5-8-18)13-11(2)16-12(3)17-14(13)19/h10,15H,4-9H2,1-3H3,(H,16,17,19). The molecule has 0 saturated carbocycles. The van der Waals surface area contributed by atoms with Crippen LogP contribution in [0.25, 0.3) is 0 Å². The van der Waals surface area contributed by atoms with E-state index in [0.29, 0.717) is 5.82 Å². The Morgan fingerprint density at radius 3 is 2.68 bits per heavy atom. The topological polar surface area (TPSA) is 61.0 Å². The molecule has 2 heterocycles. The molecule has 2 rings (SSSR count). The number of H-pyrrole nitrogens is 1. The Balaban J connectivity index is 1.92. The fraction of sp³-hybridized carbons (Fsp3) is 0.714. The van der Waals surface area contributed by atoms with Gasteiger partial charge in [-0.2, -0.15) is 0 Å². The highest BCUT2D eigenvalue weighted by molar-refractivity contribution is 5.19. The average Bonchev–Trinajstić information content (AvgIpc) is 2.80. The van der Waals surface area contributed by atoms with Crippen molar-refractivity contribution in [1.29, 1.82) is 0 Å². The van der Waals surface area contributed by atoms with Crippen LogP contribution in [-0.4, -0.2) is 41.0 Å². The molecule has 1 fully saturated rings. The highest BCUT2D eigenvalue weighted by atomic mass is 16.1. The van der Waals surface area contributed by atoms with Gasteiger partial charge in [-0.3, -0.25) is 4.79 Å². The second-order valence-corrected chi connectivity index (χ2v) is 5.37. The summed E-state index contributed by atoms with van der Waals surface area (Å²) < 4.78 is 0. The molecule has 0 aliphatic carbocycles. The second kappa shape index (κ2) is 6.30. The summed E-state index contributed by atoms with van der Waals surface area (Å²) in [4.78, 5) is 21.5. The highest BCUT2D eigenvalue weighted by Crippen LogP contribution is 2.11. The first kappa shape index (κ1) is 14.2.